The summed E-state index contributed by atoms with van der Waals surface area (Å²) in [5.74, 6) is 1.25. The summed E-state index contributed by atoms with van der Waals surface area (Å²) >= 11 is 0. The summed E-state index contributed by atoms with van der Waals surface area (Å²) in [5.41, 5.74) is 1.11. The van der Waals surface area contributed by atoms with E-state index in [1.807, 2.05) is 24.3 Å². The fourth-order valence-electron chi connectivity index (χ4n) is 2.31. The van der Waals surface area contributed by atoms with Crippen LogP contribution in [-0.4, -0.2) is 26.2 Å². The number of unbranched alkanes of at least 4 members (excludes halogenated alkanes) is 1. The number of ether oxygens (including phenoxy) is 2. The second-order valence-corrected chi connectivity index (χ2v) is 5.71. The molecule has 134 valence electrons. The van der Waals surface area contributed by atoms with Crippen LogP contribution in [0.2, 0.25) is 0 Å². The van der Waals surface area contributed by atoms with Crippen LogP contribution in [0.15, 0.2) is 48.5 Å². The number of benzene rings is 2. The van der Waals surface area contributed by atoms with Crippen molar-refractivity contribution in [1.29, 1.82) is 0 Å². The van der Waals surface area contributed by atoms with E-state index in [1.54, 1.807) is 19.2 Å². The number of rotatable bonds is 10. The van der Waals surface area contributed by atoms with Gasteiger partial charge in [-0.3, -0.25) is 4.79 Å². The molecule has 0 saturated heterocycles. The zero-order chi connectivity index (χ0) is 17.9. The fourth-order valence-corrected chi connectivity index (χ4v) is 2.31. The van der Waals surface area contributed by atoms with E-state index in [1.165, 1.54) is 12.1 Å². The van der Waals surface area contributed by atoms with Crippen LogP contribution in [0.3, 0.4) is 0 Å². The summed E-state index contributed by atoms with van der Waals surface area (Å²) in [5, 5.41) is 2.91. The fraction of sp³-hybridized carbons (Fsp3) is 0.350. The molecule has 25 heavy (non-hydrogen) atoms. The maximum absolute atomic E-state index is 12.8. The lowest BCUT2D eigenvalue weighted by atomic mass is 10.1. The zero-order valence-corrected chi connectivity index (χ0v) is 14.5. The number of nitrogens with one attached hydrogen (secondary N) is 1. The predicted molar refractivity (Wildman–Crippen MR) is 95.5 cm³/mol. The van der Waals surface area contributed by atoms with Crippen molar-refractivity contribution in [1.82, 2.24) is 5.32 Å². The SMILES string of the molecule is COc1ccc(CCC(=O)NCCCCOc2ccc(F)cc2)cc1. The molecule has 0 spiro atoms. The van der Waals surface area contributed by atoms with Gasteiger partial charge < -0.3 is 14.8 Å². The first-order chi connectivity index (χ1) is 12.2. The Kier molecular flexibility index (Phi) is 7.76. The Balaban J connectivity index is 1.52. The van der Waals surface area contributed by atoms with E-state index in [2.05, 4.69) is 5.32 Å². The minimum absolute atomic E-state index is 0.0512. The number of halogens is 1. The summed E-state index contributed by atoms with van der Waals surface area (Å²) in [6, 6.07) is 13.7. The number of carbonyl (C=O) groups excluding carboxylic acids is 1. The maximum atomic E-state index is 12.8. The first-order valence-corrected chi connectivity index (χ1v) is 8.45. The van der Waals surface area contributed by atoms with Gasteiger partial charge in [-0.05, 0) is 61.2 Å². The molecule has 0 aliphatic rings. The molecule has 2 aromatic carbocycles. The van der Waals surface area contributed by atoms with E-state index in [4.69, 9.17) is 9.47 Å². The molecule has 0 fully saturated rings. The average molecular weight is 345 g/mol. The quantitative estimate of drug-likeness (QED) is 0.667. The molecule has 5 heteroatoms. The third kappa shape index (κ3) is 7.25. The van der Waals surface area contributed by atoms with Crippen LogP contribution < -0.4 is 14.8 Å². The van der Waals surface area contributed by atoms with Gasteiger partial charge in [-0.15, -0.1) is 0 Å². The summed E-state index contributed by atoms with van der Waals surface area (Å²) < 4.78 is 23.4. The van der Waals surface area contributed by atoms with Crippen molar-refractivity contribution in [3.05, 3.63) is 59.9 Å². The highest BCUT2D eigenvalue weighted by Gasteiger charge is 2.02. The molecular weight excluding hydrogens is 321 g/mol. The lowest BCUT2D eigenvalue weighted by Gasteiger charge is -2.07. The van der Waals surface area contributed by atoms with Crippen molar-refractivity contribution < 1.29 is 18.7 Å². The third-order valence-electron chi connectivity index (χ3n) is 3.78. The average Bonchev–Trinajstić information content (AvgIpc) is 2.64. The highest BCUT2D eigenvalue weighted by molar-refractivity contribution is 5.76. The number of hydrogen-bond donors (Lipinski definition) is 1. The zero-order valence-electron chi connectivity index (χ0n) is 14.5. The Bertz CT molecular complexity index is 641. The number of methoxy groups -OCH3 is 1. The molecule has 0 heterocycles. The summed E-state index contributed by atoms with van der Waals surface area (Å²) in [6.45, 7) is 1.18. The van der Waals surface area contributed by atoms with Crippen LogP contribution >= 0.6 is 0 Å². The standard InChI is InChI=1S/C20H24FNO3/c1-24-18-9-4-16(5-10-18)6-13-20(23)22-14-2-3-15-25-19-11-7-17(21)8-12-19/h4-5,7-12H,2-3,6,13-15H2,1H3,(H,22,23). The second-order valence-electron chi connectivity index (χ2n) is 5.71. The number of aryl methyl sites for hydroxylation is 1. The minimum atomic E-state index is -0.273. The van der Waals surface area contributed by atoms with Gasteiger partial charge in [-0.2, -0.15) is 0 Å². The summed E-state index contributed by atoms with van der Waals surface area (Å²) in [4.78, 5) is 11.8. The molecule has 0 unspecified atom stereocenters. The van der Waals surface area contributed by atoms with Gasteiger partial charge in [-0.25, -0.2) is 4.39 Å². The molecule has 2 aromatic rings. The van der Waals surface area contributed by atoms with E-state index in [9.17, 15) is 9.18 Å². The Morgan fingerprint density at radius 3 is 2.36 bits per heavy atom. The van der Waals surface area contributed by atoms with Crippen molar-refractivity contribution >= 4 is 5.91 Å². The molecule has 2 rings (SSSR count). The van der Waals surface area contributed by atoms with E-state index < -0.39 is 0 Å². The maximum Gasteiger partial charge on any atom is 0.220 e. The van der Waals surface area contributed by atoms with Crippen LogP contribution in [0, 0.1) is 5.82 Å². The van der Waals surface area contributed by atoms with Gasteiger partial charge in [0.15, 0.2) is 0 Å². The lowest BCUT2D eigenvalue weighted by molar-refractivity contribution is -0.121. The van der Waals surface area contributed by atoms with Gasteiger partial charge in [0.1, 0.15) is 17.3 Å². The van der Waals surface area contributed by atoms with Gasteiger partial charge >= 0.3 is 0 Å². The smallest absolute Gasteiger partial charge is 0.220 e. The van der Waals surface area contributed by atoms with Crippen LogP contribution in [-0.2, 0) is 11.2 Å². The third-order valence-corrected chi connectivity index (χ3v) is 3.78. The number of hydrogen-bond acceptors (Lipinski definition) is 3. The second kappa shape index (κ2) is 10.3. The molecule has 0 radical (unpaired) electrons. The molecule has 0 aliphatic carbocycles. The Hall–Kier alpha value is -2.56. The van der Waals surface area contributed by atoms with E-state index >= 15 is 0 Å². The van der Waals surface area contributed by atoms with Crippen molar-refractivity contribution in [2.45, 2.75) is 25.7 Å². The van der Waals surface area contributed by atoms with Crippen molar-refractivity contribution in [2.24, 2.45) is 0 Å². The molecule has 0 aromatic heterocycles. The van der Waals surface area contributed by atoms with Crippen LogP contribution in [0.5, 0.6) is 11.5 Å². The minimum Gasteiger partial charge on any atom is -0.497 e. The van der Waals surface area contributed by atoms with Crippen molar-refractivity contribution in [3.63, 3.8) is 0 Å². The molecule has 0 bridgehead atoms. The monoisotopic (exact) mass is 345 g/mol. The van der Waals surface area contributed by atoms with Crippen LogP contribution in [0.4, 0.5) is 4.39 Å². The first-order valence-electron chi connectivity index (χ1n) is 8.45. The number of amides is 1. The van der Waals surface area contributed by atoms with Crippen molar-refractivity contribution in [2.75, 3.05) is 20.3 Å². The van der Waals surface area contributed by atoms with Crippen LogP contribution in [0.25, 0.3) is 0 Å². The van der Waals surface area contributed by atoms with Gasteiger partial charge in [0.05, 0.1) is 13.7 Å². The predicted octanol–water partition coefficient (Wildman–Crippen LogP) is 3.74. The molecule has 0 aliphatic heterocycles. The molecule has 4 nitrogen and oxygen atoms in total. The molecular formula is C20H24FNO3. The largest absolute Gasteiger partial charge is 0.497 e. The first kappa shape index (κ1) is 18.8. The van der Waals surface area contributed by atoms with Gasteiger partial charge in [-0.1, -0.05) is 12.1 Å². The van der Waals surface area contributed by atoms with Gasteiger partial charge in [0.25, 0.3) is 0 Å². The molecule has 1 N–H and O–H groups in total. The van der Waals surface area contributed by atoms with E-state index in [-0.39, 0.29) is 11.7 Å². The van der Waals surface area contributed by atoms with Gasteiger partial charge in [0, 0.05) is 13.0 Å². The van der Waals surface area contributed by atoms with E-state index in [0.29, 0.717) is 31.7 Å². The highest BCUT2D eigenvalue weighted by atomic mass is 19.1. The highest BCUT2D eigenvalue weighted by Crippen LogP contribution is 2.13. The lowest BCUT2D eigenvalue weighted by Crippen LogP contribution is -2.24. The van der Waals surface area contributed by atoms with Crippen LogP contribution in [0.1, 0.15) is 24.8 Å². The molecule has 0 atom stereocenters. The summed E-state index contributed by atoms with van der Waals surface area (Å²) in [7, 11) is 1.63. The Labute approximate surface area is 148 Å². The van der Waals surface area contributed by atoms with Gasteiger partial charge in [0.2, 0.25) is 5.91 Å². The molecule has 1 amide bonds. The topological polar surface area (TPSA) is 47.6 Å². The summed E-state index contributed by atoms with van der Waals surface area (Å²) in [6.07, 6.45) is 2.85. The van der Waals surface area contributed by atoms with E-state index in [0.717, 1.165) is 24.2 Å². The Morgan fingerprint density at radius 2 is 1.68 bits per heavy atom. The molecule has 0 saturated carbocycles. The Morgan fingerprint density at radius 1 is 1.00 bits per heavy atom. The van der Waals surface area contributed by atoms with Crippen molar-refractivity contribution in [3.8, 4) is 11.5 Å². The number of carbonyl (C=O) groups is 1. The normalized spacial score (nSPS) is 10.3.